The second-order valence-electron chi connectivity index (χ2n) is 9.61. The molecule has 0 heterocycles. The molecule has 4 heteroatoms. The van der Waals surface area contributed by atoms with Gasteiger partial charge in [0.25, 0.3) is 0 Å². The zero-order valence-electron chi connectivity index (χ0n) is 19.9. The van der Waals surface area contributed by atoms with E-state index in [0.717, 1.165) is 57.8 Å². The molecule has 0 aliphatic heterocycles. The van der Waals surface area contributed by atoms with Gasteiger partial charge in [-0.05, 0) is 101 Å². The molecule has 32 heavy (non-hydrogen) atoms. The molecule has 0 unspecified atom stereocenters. The Balaban J connectivity index is 1.37. The van der Waals surface area contributed by atoms with Crippen molar-refractivity contribution in [1.82, 2.24) is 0 Å². The van der Waals surface area contributed by atoms with E-state index in [9.17, 15) is 9.59 Å². The smallest absolute Gasteiger partial charge is 0.330 e. The van der Waals surface area contributed by atoms with Gasteiger partial charge >= 0.3 is 11.9 Å². The van der Waals surface area contributed by atoms with Gasteiger partial charge in [-0.2, -0.15) is 0 Å². The number of aryl methyl sites for hydroxylation is 1. The summed E-state index contributed by atoms with van der Waals surface area (Å²) in [5.41, 5.74) is 1.31. The normalized spacial score (nSPS) is 26.1. The number of esters is 2. The van der Waals surface area contributed by atoms with Crippen LogP contribution in [0.25, 0.3) is 0 Å². The van der Waals surface area contributed by atoms with E-state index in [-0.39, 0.29) is 24.0 Å². The molecule has 0 saturated heterocycles. The predicted molar refractivity (Wildman–Crippen MR) is 127 cm³/mol. The zero-order chi connectivity index (χ0) is 22.8. The fourth-order valence-electron chi connectivity index (χ4n) is 5.35. The molecule has 1 aromatic rings. The average molecular weight is 441 g/mol. The van der Waals surface area contributed by atoms with E-state index in [1.54, 1.807) is 6.08 Å². The first kappa shape index (κ1) is 24.5. The number of allylic oxidation sites excluding steroid dienone is 1. The lowest BCUT2D eigenvalue weighted by Crippen LogP contribution is -2.31. The predicted octanol–water partition coefficient (Wildman–Crippen LogP) is 6.81. The third-order valence-electron chi connectivity index (χ3n) is 7.29. The molecular weight excluding hydrogens is 400 g/mol. The SMILES string of the molecule is C/C=C/C(=O)O[C@H]1CC[C@H]([C@H]2CC[C@H](C(=O)Oc3ccc(CCCCC)cc3)CC2)CC1. The Bertz CT molecular complexity index is 735. The van der Waals surface area contributed by atoms with E-state index in [1.807, 2.05) is 19.1 Å². The Labute approximate surface area is 193 Å². The van der Waals surface area contributed by atoms with Gasteiger partial charge in [0.1, 0.15) is 11.9 Å². The van der Waals surface area contributed by atoms with Gasteiger partial charge in [0.15, 0.2) is 0 Å². The van der Waals surface area contributed by atoms with Crippen molar-refractivity contribution < 1.29 is 19.1 Å². The highest BCUT2D eigenvalue weighted by Crippen LogP contribution is 2.41. The highest BCUT2D eigenvalue weighted by molar-refractivity contribution is 5.81. The van der Waals surface area contributed by atoms with Crippen molar-refractivity contribution >= 4 is 11.9 Å². The highest BCUT2D eigenvalue weighted by Gasteiger charge is 2.34. The molecule has 2 aliphatic rings. The molecular formula is C28H40O4. The van der Waals surface area contributed by atoms with E-state index < -0.39 is 0 Å². The molecule has 1 aromatic carbocycles. The van der Waals surface area contributed by atoms with Crippen molar-refractivity contribution in [3.63, 3.8) is 0 Å². The van der Waals surface area contributed by atoms with Gasteiger partial charge in [-0.3, -0.25) is 4.79 Å². The summed E-state index contributed by atoms with van der Waals surface area (Å²) in [6.45, 7) is 4.04. The number of hydrogen-bond donors (Lipinski definition) is 0. The molecule has 2 fully saturated rings. The van der Waals surface area contributed by atoms with Crippen molar-refractivity contribution in [2.45, 2.75) is 97.0 Å². The van der Waals surface area contributed by atoms with Crippen LogP contribution in [-0.4, -0.2) is 18.0 Å². The molecule has 4 nitrogen and oxygen atoms in total. The van der Waals surface area contributed by atoms with Crippen LogP contribution in [0.15, 0.2) is 36.4 Å². The molecule has 0 radical (unpaired) electrons. The van der Waals surface area contributed by atoms with Crippen LogP contribution in [0.1, 0.15) is 90.0 Å². The Kier molecular flexibility index (Phi) is 9.83. The van der Waals surface area contributed by atoms with Gasteiger partial charge < -0.3 is 9.47 Å². The molecule has 3 rings (SSSR count). The third kappa shape index (κ3) is 7.50. The van der Waals surface area contributed by atoms with Gasteiger partial charge in [0.05, 0.1) is 5.92 Å². The van der Waals surface area contributed by atoms with Crippen LogP contribution in [0.3, 0.4) is 0 Å². The fraction of sp³-hybridized carbons (Fsp3) is 0.643. The van der Waals surface area contributed by atoms with Crippen molar-refractivity contribution in [2.75, 3.05) is 0 Å². The van der Waals surface area contributed by atoms with Crippen molar-refractivity contribution in [3.8, 4) is 5.75 Å². The largest absolute Gasteiger partial charge is 0.459 e. The molecule has 0 N–H and O–H groups in total. The highest BCUT2D eigenvalue weighted by atomic mass is 16.5. The monoisotopic (exact) mass is 440 g/mol. The topological polar surface area (TPSA) is 52.6 Å². The van der Waals surface area contributed by atoms with Crippen LogP contribution in [0, 0.1) is 17.8 Å². The maximum Gasteiger partial charge on any atom is 0.330 e. The van der Waals surface area contributed by atoms with Gasteiger partial charge in [0, 0.05) is 6.08 Å². The maximum atomic E-state index is 12.7. The molecule has 0 atom stereocenters. The minimum atomic E-state index is -0.221. The van der Waals surface area contributed by atoms with Crippen molar-refractivity contribution in [2.24, 2.45) is 17.8 Å². The first-order valence-electron chi connectivity index (χ1n) is 12.7. The third-order valence-corrected chi connectivity index (χ3v) is 7.29. The van der Waals surface area contributed by atoms with E-state index in [0.29, 0.717) is 17.6 Å². The molecule has 0 aromatic heterocycles. The van der Waals surface area contributed by atoms with Crippen LogP contribution in [0.2, 0.25) is 0 Å². The van der Waals surface area contributed by atoms with Crippen LogP contribution in [0.5, 0.6) is 5.75 Å². The number of ether oxygens (including phenoxy) is 2. The molecule has 176 valence electrons. The van der Waals surface area contributed by atoms with Crippen LogP contribution in [-0.2, 0) is 20.7 Å². The summed E-state index contributed by atoms with van der Waals surface area (Å²) in [4.78, 5) is 24.3. The van der Waals surface area contributed by atoms with Crippen molar-refractivity contribution in [1.29, 1.82) is 0 Å². The van der Waals surface area contributed by atoms with E-state index in [1.165, 1.54) is 30.9 Å². The van der Waals surface area contributed by atoms with E-state index >= 15 is 0 Å². The number of carbonyl (C=O) groups is 2. The van der Waals surface area contributed by atoms with Gasteiger partial charge in [-0.1, -0.05) is 38.0 Å². The van der Waals surface area contributed by atoms with Gasteiger partial charge in [-0.25, -0.2) is 4.79 Å². The summed E-state index contributed by atoms with van der Waals surface area (Å²) in [6, 6.07) is 8.04. The van der Waals surface area contributed by atoms with Gasteiger partial charge in [-0.15, -0.1) is 0 Å². The number of rotatable bonds is 9. The van der Waals surface area contributed by atoms with Gasteiger partial charge in [0.2, 0.25) is 0 Å². The minimum absolute atomic E-state index is 0.0219. The molecule has 0 spiro atoms. The molecule has 2 saturated carbocycles. The summed E-state index contributed by atoms with van der Waals surface area (Å²) in [6.07, 6.45) is 16.3. The standard InChI is InChI=1S/C28H40O4/c1-3-5-6-8-21-9-17-26(18-10-21)32-28(30)24-13-11-22(12-14-24)23-15-19-25(20-16-23)31-27(29)7-4-2/h4,7,9-10,17-18,22-25H,3,5-6,8,11-16,19-20H2,1-2H3/b7-4+/t22-,23-,24-,25-. The van der Waals surface area contributed by atoms with Crippen LogP contribution in [0.4, 0.5) is 0 Å². The lowest BCUT2D eigenvalue weighted by Gasteiger charge is -2.37. The minimum Gasteiger partial charge on any atom is -0.459 e. The summed E-state index contributed by atoms with van der Waals surface area (Å²) in [7, 11) is 0. The Hall–Kier alpha value is -2.10. The summed E-state index contributed by atoms with van der Waals surface area (Å²) >= 11 is 0. The summed E-state index contributed by atoms with van der Waals surface area (Å²) in [5, 5.41) is 0. The lowest BCUT2D eigenvalue weighted by molar-refractivity contribution is -0.145. The summed E-state index contributed by atoms with van der Waals surface area (Å²) < 4.78 is 11.2. The fourth-order valence-corrected chi connectivity index (χ4v) is 5.35. The Morgan fingerprint density at radius 2 is 1.53 bits per heavy atom. The van der Waals surface area contributed by atoms with Crippen molar-refractivity contribution in [3.05, 3.63) is 42.0 Å². The number of benzene rings is 1. The second-order valence-corrected chi connectivity index (χ2v) is 9.61. The molecule has 2 aliphatic carbocycles. The first-order chi connectivity index (χ1) is 15.6. The second kappa shape index (κ2) is 12.8. The van der Waals surface area contributed by atoms with E-state index in [4.69, 9.17) is 9.47 Å². The zero-order valence-corrected chi connectivity index (χ0v) is 19.9. The molecule has 0 bridgehead atoms. The van der Waals surface area contributed by atoms with Crippen LogP contribution < -0.4 is 4.74 Å². The lowest BCUT2D eigenvalue weighted by atomic mass is 9.70. The maximum absolute atomic E-state index is 12.7. The van der Waals surface area contributed by atoms with Crippen LogP contribution >= 0.6 is 0 Å². The van der Waals surface area contributed by atoms with E-state index in [2.05, 4.69) is 19.1 Å². The quantitative estimate of drug-likeness (QED) is 0.183. The number of hydrogen-bond acceptors (Lipinski definition) is 4. The molecule has 0 amide bonds. The number of unbranched alkanes of at least 4 members (excludes halogenated alkanes) is 2. The first-order valence-corrected chi connectivity index (χ1v) is 12.7. The average Bonchev–Trinajstić information content (AvgIpc) is 2.81. The summed E-state index contributed by atoms with van der Waals surface area (Å²) in [5.74, 6) is 1.79. The number of carbonyl (C=O) groups excluding carboxylic acids is 2. The Morgan fingerprint density at radius 3 is 2.12 bits per heavy atom. The Morgan fingerprint density at radius 1 is 0.906 bits per heavy atom.